The molecule has 0 bridgehead atoms. The Bertz CT molecular complexity index is 513. The van der Waals surface area contributed by atoms with Crippen LogP contribution >= 0.6 is 0 Å². The lowest BCUT2D eigenvalue weighted by Gasteiger charge is -2.36. The topological polar surface area (TPSA) is 61.6 Å². The number of carbonyl (C=O) groups is 1. The number of aromatic carboxylic acids is 1. The Balaban J connectivity index is 1.72. The molecule has 3 rings (SSSR count). The molecule has 1 aliphatic heterocycles. The van der Waals surface area contributed by atoms with Gasteiger partial charge in [-0.2, -0.15) is 5.10 Å². The number of carboxylic acid groups (broad SMARTS) is 1. The van der Waals surface area contributed by atoms with E-state index in [-0.39, 0.29) is 0 Å². The van der Waals surface area contributed by atoms with E-state index in [2.05, 4.69) is 14.9 Å². The van der Waals surface area contributed by atoms with Crippen LogP contribution in [0, 0.1) is 12.8 Å². The number of anilines is 1. The highest BCUT2D eigenvalue weighted by Gasteiger charge is 2.29. The second kappa shape index (κ2) is 5.09. The van der Waals surface area contributed by atoms with Gasteiger partial charge in [-0.1, -0.05) is 0 Å². The van der Waals surface area contributed by atoms with E-state index in [1.54, 1.807) is 11.6 Å². The number of piperazine rings is 1. The molecule has 1 aromatic rings. The van der Waals surface area contributed by atoms with E-state index in [1.165, 1.54) is 19.4 Å². The molecule has 1 aliphatic carbocycles. The van der Waals surface area contributed by atoms with Crippen molar-refractivity contribution >= 4 is 11.8 Å². The second-order valence-electron chi connectivity index (χ2n) is 5.94. The second-order valence-corrected chi connectivity index (χ2v) is 5.94. The van der Waals surface area contributed by atoms with E-state index in [9.17, 15) is 9.90 Å². The maximum Gasteiger partial charge on any atom is 0.341 e. The first-order valence-corrected chi connectivity index (χ1v) is 7.30. The number of aryl methyl sites for hydroxylation is 2. The van der Waals surface area contributed by atoms with Crippen LogP contribution in [-0.4, -0.2) is 58.5 Å². The lowest BCUT2D eigenvalue weighted by molar-refractivity contribution is 0.0696. The van der Waals surface area contributed by atoms with Crippen molar-refractivity contribution in [3.63, 3.8) is 0 Å². The maximum atomic E-state index is 11.4. The third-order valence-corrected chi connectivity index (χ3v) is 4.29. The summed E-state index contributed by atoms with van der Waals surface area (Å²) < 4.78 is 1.70. The zero-order valence-electron chi connectivity index (χ0n) is 12.2. The minimum absolute atomic E-state index is 0.350. The van der Waals surface area contributed by atoms with E-state index >= 15 is 0 Å². The molecule has 1 saturated heterocycles. The van der Waals surface area contributed by atoms with Crippen LogP contribution in [0.1, 0.15) is 28.9 Å². The van der Waals surface area contributed by atoms with Gasteiger partial charge in [0.05, 0.1) is 5.69 Å². The molecule has 0 atom stereocenters. The fraction of sp³-hybridized carbons (Fsp3) is 0.714. The van der Waals surface area contributed by atoms with Gasteiger partial charge in [0.15, 0.2) is 0 Å². The van der Waals surface area contributed by atoms with Crippen LogP contribution in [0.15, 0.2) is 0 Å². The van der Waals surface area contributed by atoms with Crippen LogP contribution in [0.3, 0.4) is 0 Å². The van der Waals surface area contributed by atoms with Crippen molar-refractivity contribution in [3.8, 4) is 0 Å². The van der Waals surface area contributed by atoms with Gasteiger partial charge in [-0.15, -0.1) is 0 Å². The smallest absolute Gasteiger partial charge is 0.341 e. The lowest BCUT2D eigenvalue weighted by Crippen LogP contribution is -2.47. The minimum atomic E-state index is -0.883. The van der Waals surface area contributed by atoms with Gasteiger partial charge in [0, 0.05) is 39.8 Å². The van der Waals surface area contributed by atoms with Crippen LogP contribution in [0.5, 0.6) is 0 Å². The monoisotopic (exact) mass is 278 g/mol. The Hall–Kier alpha value is -1.56. The third kappa shape index (κ3) is 2.52. The normalized spacial score (nSPS) is 20.4. The Morgan fingerprint density at radius 1 is 1.30 bits per heavy atom. The summed E-state index contributed by atoms with van der Waals surface area (Å²) in [5.74, 6) is 0.780. The zero-order valence-corrected chi connectivity index (χ0v) is 12.2. The summed E-state index contributed by atoms with van der Waals surface area (Å²) >= 11 is 0. The third-order valence-electron chi connectivity index (χ3n) is 4.29. The van der Waals surface area contributed by atoms with Crippen molar-refractivity contribution in [1.29, 1.82) is 0 Å². The largest absolute Gasteiger partial charge is 0.477 e. The lowest BCUT2D eigenvalue weighted by atomic mass is 10.2. The fourth-order valence-corrected chi connectivity index (χ4v) is 3.07. The number of carboxylic acids is 1. The molecular formula is C14H22N4O2. The number of hydrogen-bond acceptors (Lipinski definition) is 4. The number of hydrogen-bond donors (Lipinski definition) is 1. The van der Waals surface area contributed by atoms with Gasteiger partial charge in [-0.3, -0.25) is 9.58 Å². The first-order valence-electron chi connectivity index (χ1n) is 7.30. The van der Waals surface area contributed by atoms with E-state index < -0.39 is 5.97 Å². The standard InChI is InChI=1S/C14H22N4O2/c1-10-12(14(19)20)13(16(2)15-10)18-7-5-17(6-8-18)9-11-3-4-11/h11H,3-9H2,1-2H3,(H,19,20). The maximum absolute atomic E-state index is 11.4. The van der Waals surface area contributed by atoms with Gasteiger partial charge >= 0.3 is 5.97 Å². The van der Waals surface area contributed by atoms with Gasteiger partial charge in [-0.05, 0) is 25.7 Å². The van der Waals surface area contributed by atoms with Crippen molar-refractivity contribution in [1.82, 2.24) is 14.7 Å². The summed E-state index contributed by atoms with van der Waals surface area (Å²) in [4.78, 5) is 16.1. The average Bonchev–Trinajstić information content (AvgIpc) is 3.14. The molecule has 2 heterocycles. The predicted octanol–water partition coefficient (Wildman–Crippen LogP) is 0.959. The minimum Gasteiger partial charge on any atom is -0.477 e. The first kappa shape index (κ1) is 13.4. The molecule has 1 saturated carbocycles. The summed E-state index contributed by atoms with van der Waals surface area (Å²) in [6.07, 6.45) is 2.76. The zero-order chi connectivity index (χ0) is 14.3. The van der Waals surface area contributed by atoms with Gasteiger partial charge < -0.3 is 10.0 Å². The Morgan fingerprint density at radius 2 is 1.95 bits per heavy atom. The molecule has 110 valence electrons. The molecule has 0 unspecified atom stereocenters. The number of aromatic nitrogens is 2. The highest BCUT2D eigenvalue weighted by Crippen LogP contribution is 2.30. The van der Waals surface area contributed by atoms with Crippen LogP contribution in [0.2, 0.25) is 0 Å². The molecule has 0 radical (unpaired) electrons. The summed E-state index contributed by atoms with van der Waals surface area (Å²) in [7, 11) is 1.82. The van der Waals surface area contributed by atoms with E-state index in [0.717, 1.165) is 37.9 Å². The van der Waals surface area contributed by atoms with Gasteiger partial charge in [-0.25, -0.2) is 4.79 Å². The van der Waals surface area contributed by atoms with Gasteiger partial charge in [0.2, 0.25) is 0 Å². The quantitative estimate of drug-likeness (QED) is 0.889. The molecule has 6 heteroatoms. The molecular weight excluding hydrogens is 256 g/mol. The summed E-state index contributed by atoms with van der Waals surface area (Å²) in [5, 5.41) is 13.6. The van der Waals surface area contributed by atoms with Crippen molar-refractivity contribution in [3.05, 3.63) is 11.3 Å². The molecule has 1 aromatic heterocycles. The average molecular weight is 278 g/mol. The highest BCUT2D eigenvalue weighted by molar-refractivity contribution is 5.94. The van der Waals surface area contributed by atoms with Crippen LogP contribution in [0.25, 0.3) is 0 Å². The molecule has 0 spiro atoms. The van der Waals surface area contributed by atoms with Crippen molar-refractivity contribution in [2.24, 2.45) is 13.0 Å². The van der Waals surface area contributed by atoms with E-state index in [0.29, 0.717) is 11.3 Å². The molecule has 2 aliphatic rings. The van der Waals surface area contributed by atoms with Crippen molar-refractivity contribution < 1.29 is 9.90 Å². The fourth-order valence-electron chi connectivity index (χ4n) is 3.07. The first-order chi connectivity index (χ1) is 9.56. The molecule has 6 nitrogen and oxygen atoms in total. The van der Waals surface area contributed by atoms with Gasteiger partial charge in [0.1, 0.15) is 11.4 Å². The number of nitrogens with zero attached hydrogens (tertiary/aromatic N) is 4. The SMILES string of the molecule is Cc1nn(C)c(N2CCN(CC3CC3)CC2)c1C(=O)O. The van der Waals surface area contributed by atoms with Crippen LogP contribution < -0.4 is 4.90 Å². The molecule has 20 heavy (non-hydrogen) atoms. The Labute approximate surface area is 119 Å². The Morgan fingerprint density at radius 3 is 2.50 bits per heavy atom. The molecule has 0 amide bonds. The number of rotatable bonds is 4. The van der Waals surface area contributed by atoms with E-state index in [4.69, 9.17) is 0 Å². The molecule has 1 N–H and O–H groups in total. The summed E-state index contributed by atoms with van der Waals surface area (Å²) in [5.41, 5.74) is 0.943. The summed E-state index contributed by atoms with van der Waals surface area (Å²) in [6, 6.07) is 0. The van der Waals surface area contributed by atoms with Crippen LogP contribution in [0.4, 0.5) is 5.82 Å². The van der Waals surface area contributed by atoms with E-state index in [1.807, 2.05) is 7.05 Å². The van der Waals surface area contributed by atoms with Gasteiger partial charge in [0.25, 0.3) is 0 Å². The Kier molecular flexibility index (Phi) is 3.41. The highest BCUT2D eigenvalue weighted by atomic mass is 16.4. The van der Waals surface area contributed by atoms with Crippen molar-refractivity contribution in [2.75, 3.05) is 37.6 Å². The molecule has 2 fully saturated rings. The van der Waals surface area contributed by atoms with Crippen LogP contribution in [-0.2, 0) is 7.05 Å². The summed E-state index contributed by atoms with van der Waals surface area (Å²) in [6.45, 7) is 6.76. The molecule has 0 aromatic carbocycles. The predicted molar refractivity (Wildman–Crippen MR) is 76.3 cm³/mol. The van der Waals surface area contributed by atoms with Crippen molar-refractivity contribution in [2.45, 2.75) is 19.8 Å².